The first-order valence-electron chi connectivity index (χ1n) is 8.38. The van der Waals surface area contributed by atoms with Crippen LogP contribution in [0.3, 0.4) is 0 Å². The molecule has 2 aromatic carbocycles. The van der Waals surface area contributed by atoms with Crippen LogP contribution in [0.4, 0.5) is 17.1 Å². The summed E-state index contributed by atoms with van der Waals surface area (Å²) in [5, 5.41) is 20.2. The molecule has 0 bridgehead atoms. The number of nitro benzene ring substituents is 1. The number of hydrazone groups is 1. The molecule has 1 aliphatic rings. The Kier molecular flexibility index (Phi) is 5.87. The van der Waals surface area contributed by atoms with Gasteiger partial charge in [-0.25, -0.2) is 13.6 Å². The average molecular weight is 405 g/mol. The summed E-state index contributed by atoms with van der Waals surface area (Å²) in [5.74, 6) is 0. The Hall–Kier alpha value is -3.02. The SMILES string of the molecule is NS(=O)(=O)c1ccc(N/N=C/c2ccc(N3CCOCC3)cc2)c([N+](=O)[O-])c1. The van der Waals surface area contributed by atoms with Gasteiger partial charge in [0.25, 0.3) is 5.69 Å². The number of hydrogen-bond acceptors (Lipinski definition) is 8. The van der Waals surface area contributed by atoms with E-state index in [1.165, 1.54) is 18.3 Å². The van der Waals surface area contributed by atoms with Crippen LogP contribution < -0.4 is 15.5 Å². The predicted octanol–water partition coefficient (Wildman–Crippen LogP) is 1.52. The molecule has 2 aromatic rings. The van der Waals surface area contributed by atoms with Crippen LogP contribution in [-0.4, -0.2) is 45.9 Å². The summed E-state index contributed by atoms with van der Waals surface area (Å²) in [6.07, 6.45) is 1.51. The van der Waals surface area contributed by atoms with E-state index in [1.54, 1.807) is 0 Å². The number of ether oxygens (including phenoxy) is 1. The standard InChI is InChI=1S/C17H19N5O5S/c18-28(25,26)15-5-6-16(17(11-15)22(23)24)20-19-12-13-1-3-14(4-2-13)21-7-9-27-10-8-21/h1-6,11-12,20H,7-10H2,(H2,18,25,26)/b19-12+. The molecule has 0 spiro atoms. The second-order valence-electron chi connectivity index (χ2n) is 6.04. The minimum Gasteiger partial charge on any atom is -0.378 e. The highest BCUT2D eigenvalue weighted by molar-refractivity contribution is 7.89. The first kappa shape index (κ1) is 19.7. The van der Waals surface area contributed by atoms with Gasteiger partial charge in [-0.1, -0.05) is 12.1 Å². The summed E-state index contributed by atoms with van der Waals surface area (Å²) < 4.78 is 28.0. The summed E-state index contributed by atoms with van der Waals surface area (Å²) in [6.45, 7) is 3.09. The normalized spacial score (nSPS) is 15.0. The van der Waals surface area contributed by atoms with E-state index in [2.05, 4.69) is 15.4 Å². The number of nitrogens with two attached hydrogens (primary N) is 1. The van der Waals surface area contributed by atoms with E-state index >= 15 is 0 Å². The van der Waals surface area contributed by atoms with Gasteiger partial charge in [0.05, 0.1) is 29.2 Å². The molecule has 0 saturated carbocycles. The molecule has 28 heavy (non-hydrogen) atoms. The fraction of sp³-hybridized carbons (Fsp3) is 0.235. The summed E-state index contributed by atoms with van der Waals surface area (Å²) in [7, 11) is -4.04. The number of sulfonamides is 1. The summed E-state index contributed by atoms with van der Waals surface area (Å²) in [6, 6.07) is 11.0. The number of benzene rings is 2. The molecule has 1 saturated heterocycles. The summed E-state index contributed by atoms with van der Waals surface area (Å²) in [5.41, 5.74) is 4.07. The van der Waals surface area contributed by atoms with Crippen molar-refractivity contribution in [2.45, 2.75) is 4.90 Å². The molecule has 3 rings (SSSR count). The second kappa shape index (κ2) is 8.33. The van der Waals surface area contributed by atoms with Gasteiger partial charge in [0.2, 0.25) is 10.0 Å². The van der Waals surface area contributed by atoms with E-state index in [0.29, 0.717) is 13.2 Å². The summed E-state index contributed by atoms with van der Waals surface area (Å²) in [4.78, 5) is 12.4. The zero-order chi connectivity index (χ0) is 20.1. The number of nitro groups is 1. The maximum atomic E-state index is 11.4. The molecule has 0 aliphatic carbocycles. The first-order valence-corrected chi connectivity index (χ1v) is 9.92. The van der Waals surface area contributed by atoms with Crippen LogP contribution in [-0.2, 0) is 14.8 Å². The Bertz CT molecular complexity index is 985. The lowest BCUT2D eigenvalue weighted by Crippen LogP contribution is -2.36. The van der Waals surface area contributed by atoms with Gasteiger partial charge in [0, 0.05) is 24.8 Å². The van der Waals surface area contributed by atoms with Crippen LogP contribution in [0, 0.1) is 10.1 Å². The van der Waals surface area contributed by atoms with Crippen molar-refractivity contribution in [3.63, 3.8) is 0 Å². The molecule has 0 aromatic heterocycles. The third-order valence-corrected chi connectivity index (χ3v) is 5.07. The van der Waals surface area contributed by atoms with Crippen molar-refractivity contribution in [1.29, 1.82) is 0 Å². The largest absolute Gasteiger partial charge is 0.378 e. The van der Waals surface area contributed by atoms with Gasteiger partial charge >= 0.3 is 0 Å². The number of hydrogen-bond donors (Lipinski definition) is 2. The second-order valence-corrected chi connectivity index (χ2v) is 7.60. The average Bonchev–Trinajstić information content (AvgIpc) is 2.68. The summed E-state index contributed by atoms with van der Waals surface area (Å²) >= 11 is 0. The van der Waals surface area contributed by atoms with Gasteiger partial charge in [-0.3, -0.25) is 15.5 Å². The molecule has 0 amide bonds. The van der Waals surface area contributed by atoms with Gasteiger partial charge in [0.1, 0.15) is 5.69 Å². The highest BCUT2D eigenvalue weighted by Gasteiger charge is 2.18. The van der Waals surface area contributed by atoms with Gasteiger partial charge < -0.3 is 9.64 Å². The maximum Gasteiger partial charge on any atom is 0.295 e. The van der Waals surface area contributed by atoms with E-state index in [-0.39, 0.29) is 10.6 Å². The fourth-order valence-corrected chi connectivity index (χ4v) is 3.24. The van der Waals surface area contributed by atoms with E-state index < -0.39 is 20.6 Å². The zero-order valence-corrected chi connectivity index (χ0v) is 15.6. The molecular formula is C17H19N5O5S. The third-order valence-electron chi connectivity index (χ3n) is 4.16. The van der Waals surface area contributed by atoms with Crippen LogP contribution >= 0.6 is 0 Å². The molecule has 0 atom stereocenters. The van der Waals surface area contributed by atoms with E-state index in [1.807, 2.05) is 24.3 Å². The van der Waals surface area contributed by atoms with Crippen molar-refractivity contribution in [2.75, 3.05) is 36.6 Å². The topological polar surface area (TPSA) is 140 Å². The maximum absolute atomic E-state index is 11.4. The Morgan fingerprint density at radius 1 is 1.18 bits per heavy atom. The number of primary sulfonamides is 1. The Balaban J connectivity index is 1.71. The van der Waals surface area contributed by atoms with Crippen molar-refractivity contribution in [1.82, 2.24) is 0 Å². The van der Waals surface area contributed by atoms with Gasteiger partial charge in [-0.05, 0) is 29.8 Å². The minimum absolute atomic E-state index is 0.0542. The Labute approximate surface area is 161 Å². The van der Waals surface area contributed by atoms with Crippen LogP contribution in [0.2, 0.25) is 0 Å². The molecule has 0 radical (unpaired) electrons. The fourth-order valence-electron chi connectivity index (χ4n) is 2.70. The molecule has 1 fully saturated rings. The van der Waals surface area contributed by atoms with Crippen molar-refractivity contribution >= 4 is 33.3 Å². The molecule has 0 unspecified atom stereocenters. The Morgan fingerprint density at radius 2 is 1.86 bits per heavy atom. The van der Waals surface area contributed by atoms with Gasteiger partial charge in [-0.2, -0.15) is 5.10 Å². The monoisotopic (exact) mass is 405 g/mol. The lowest BCUT2D eigenvalue weighted by Gasteiger charge is -2.28. The third kappa shape index (κ3) is 4.82. The number of nitrogens with zero attached hydrogens (tertiary/aromatic N) is 3. The molecule has 148 valence electrons. The highest BCUT2D eigenvalue weighted by Crippen LogP contribution is 2.27. The molecule has 11 heteroatoms. The first-order chi connectivity index (χ1) is 13.3. The number of nitrogens with one attached hydrogen (secondary N) is 1. The molecular weight excluding hydrogens is 386 g/mol. The van der Waals surface area contributed by atoms with Crippen LogP contribution in [0.5, 0.6) is 0 Å². The molecule has 10 nitrogen and oxygen atoms in total. The van der Waals surface area contributed by atoms with E-state index in [9.17, 15) is 18.5 Å². The van der Waals surface area contributed by atoms with Crippen molar-refractivity contribution < 1.29 is 18.1 Å². The number of anilines is 2. The predicted molar refractivity (Wildman–Crippen MR) is 105 cm³/mol. The minimum atomic E-state index is -4.04. The van der Waals surface area contributed by atoms with Gasteiger partial charge in [-0.15, -0.1) is 0 Å². The van der Waals surface area contributed by atoms with Crippen molar-refractivity contribution in [3.8, 4) is 0 Å². The van der Waals surface area contributed by atoms with Gasteiger partial charge in [0.15, 0.2) is 0 Å². The number of rotatable bonds is 6. The van der Waals surface area contributed by atoms with Crippen molar-refractivity contribution in [2.24, 2.45) is 10.2 Å². The lowest BCUT2D eigenvalue weighted by molar-refractivity contribution is -0.384. The van der Waals surface area contributed by atoms with Crippen LogP contribution in [0.1, 0.15) is 5.56 Å². The lowest BCUT2D eigenvalue weighted by atomic mass is 10.2. The van der Waals surface area contributed by atoms with Crippen LogP contribution in [0.15, 0.2) is 52.5 Å². The van der Waals surface area contributed by atoms with E-state index in [4.69, 9.17) is 9.88 Å². The molecule has 1 aliphatic heterocycles. The zero-order valence-electron chi connectivity index (χ0n) is 14.8. The Morgan fingerprint density at radius 3 is 2.46 bits per heavy atom. The molecule has 1 heterocycles. The molecule has 3 N–H and O–H groups in total. The smallest absolute Gasteiger partial charge is 0.295 e. The van der Waals surface area contributed by atoms with E-state index in [0.717, 1.165) is 30.4 Å². The quantitative estimate of drug-likeness (QED) is 0.422. The number of morpholine rings is 1. The van der Waals surface area contributed by atoms with Crippen LogP contribution in [0.25, 0.3) is 0 Å². The highest BCUT2D eigenvalue weighted by atomic mass is 32.2. The van der Waals surface area contributed by atoms with Crippen molar-refractivity contribution in [3.05, 3.63) is 58.1 Å².